The number of pyridine rings is 1. The minimum absolute atomic E-state index is 0.136. The number of carbonyl (C=O) groups excluding carboxylic acids is 1. The second kappa shape index (κ2) is 8.72. The molecule has 5 rings (SSSR count). The Labute approximate surface area is 190 Å². The first kappa shape index (κ1) is 20.7. The lowest BCUT2D eigenvalue weighted by molar-refractivity contribution is 0.103. The van der Waals surface area contributed by atoms with E-state index >= 15 is 0 Å². The molecule has 164 valence electrons. The van der Waals surface area contributed by atoms with Crippen LogP contribution in [0, 0.1) is 6.92 Å². The van der Waals surface area contributed by atoms with Crippen LogP contribution in [-0.4, -0.2) is 46.7 Å². The number of fused-ring (bicyclic) bond motifs is 1. The first-order chi connectivity index (χ1) is 15.6. The number of benzene rings is 1. The molecule has 1 aromatic carbocycles. The number of carbonyl (C=O) groups is 1. The van der Waals surface area contributed by atoms with Crippen molar-refractivity contribution in [3.05, 3.63) is 59.4 Å². The topological polar surface area (TPSA) is 72.3 Å². The third-order valence-corrected chi connectivity index (χ3v) is 6.90. The first-order valence-electron chi connectivity index (χ1n) is 10.8. The van der Waals surface area contributed by atoms with Gasteiger partial charge < -0.3 is 19.5 Å². The monoisotopic (exact) mass is 447 g/mol. The Morgan fingerprint density at radius 3 is 2.72 bits per heavy atom. The zero-order valence-electron chi connectivity index (χ0n) is 18.2. The van der Waals surface area contributed by atoms with E-state index in [0.29, 0.717) is 4.88 Å². The molecule has 8 heteroatoms. The Balaban J connectivity index is 1.37. The summed E-state index contributed by atoms with van der Waals surface area (Å²) in [5, 5.41) is 4.90. The SMILES string of the molecule is CCn1cc(-c2nc(C)c(C(=O)Nc3ccc(N4CCOCC4)cc3)s2)c2cccnc21. The second-order valence-corrected chi connectivity index (χ2v) is 8.74. The van der Waals surface area contributed by atoms with Gasteiger partial charge in [0, 0.05) is 54.4 Å². The Bertz CT molecular complexity index is 1260. The first-order valence-corrected chi connectivity index (χ1v) is 11.6. The molecular formula is C24H25N5O2S. The van der Waals surface area contributed by atoms with Crippen LogP contribution < -0.4 is 10.2 Å². The van der Waals surface area contributed by atoms with Crippen LogP contribution in [0.4, 0.5) is 11.4 Å². The van der Waals surface area contributed by atoms with Gasteiger partial charge in [0.25, 0.3) is 5.91 Å². The fourth-order valence-electron chi connectivity index (χ4n) is 4.02. The standard InChI is InChI=1S/C24H25N5O2S/c1-3-28-15-20(19-5-4-10-25-22(19)28)24-26-16(2)21(32-24)23(30)27-17-6-8-18(9-7-17)29-11-13-31-14-12-29/h4-10,15H,3,11-14H2,1-2H3,(H,27,30). The van der Waals surface area contributed by atoms with Gasteiger partial charge in [-0.1, -0.05) is 0 Å². The summed E-state index contributed by atoms with van der Waals surface area (Å²) in [5.41, 5.74) is 4.59. The fourth-order valence-corrected chi connectivity index (χ4v) is 5.01. The predicted octanol–water partition coefficient (Wildman–Crippen LogP) is 4.58. The quantitative estimate of drug-likeness (QED) is 0.485. The summed E-state index contributed by atoms with van der Waals surface area (Å²) in [6.45, 7) is 8.07. The highest BCUT2D eigenvalue weighted by molar-refractivity contribution is 7.17. The Kier molecular flexibility index (Phi) is 5.63. The third kappa shape index (κ3) is 3.87. The highest BCUT2D eigenvalue weighted by atomic mass is 32.1. The van der Waals surface area contributed by atoms with E-state index in [9.17, 15) is 4.79 Å². The van der Waals surface area contributed by atoms with E-state index in [1.807, 2.05) is 37.3 Å². The van der Waals surface area contributed by atoms with Crippen molar-refractivity contribution in [2.45, 2.75) is 20.4 Å². The molecule has 32 heavy (non-hydrogen) atoms. The molecule has 4 aromatic rings. The summed E-state index contributed by atoms with van der Waals surface area (Å²) in [4.78, 5) is 25.1. The largest absolute Gasteiger partial charge is 0.378 e. The van der Waals surface area contributed by atoms with E-state index in [-0.39, 0.29) is 5.91 Å². The molecule has 0 atom stereocenters. The summed E-state index contributed by atoms with van der Waals surface area (Å²) in [6, 6.07) is 12.0. The van der Waals surface area contributed by atoms with E-state index in [1.54, 1.807) is 6.20 Å². The molecule has 3 aromatic heterocycles. The van der Waals surface area contributed by atoms with Crippen molar-refractivity contribution >= 4 is 39.7 Å². The number of nitrogens with one attached hydrogen (secondary N) is 1. The van der Waals surface area contributed by atoms with Crippen LogP contribution in [0.1, 0.15) is 22.3 Å². The number of morpholine rings is 1. The Morgan fingerprint density at radius 2 is 1.97 bits per heavy atom. The maximum absolute atomic E-state index is 13.0. The van der Waals surface area contributed by atoms with Crippen molar-refractivity contribution < 1.29 is 9.53 Å². The van der Waals surface area contributed by atoms with Gasteiger partial charge in [-0.25, -0.2) is 9.97 Å². The number of ether oxygens (including phenoxy) is 1. The smallest absolute Gasteiger partial charge is 0.267 e. The molecule has 1 N–H and O–H groups in total. The summed E-state index contributed by atoms with van der Waals surface area (Å²) in [6.07, 6.45) is 3.87. The van der Waals surface area contributed by atoms with Gasteiger partial charge in [0.15, 0.2) is 0 Å². The molecule has 0 radical (unpaired) electrons. The zero-order chi connectivity index (χ0) is 22.1. The summed E-state index contributed by atoms with van der Waals surface area (Å²) in [5.74, 6) is -0.136. The van der Waals surface area contributed by atoms with Crippen molar-refractivity contribution in [1.82, 2.24) is 14.5 Å². The highest BCUT2D eigenvalue weighted by Gasteiger charge is 2.20. The summed E-state index contributed by atoms with van der Waals surface area (Å²) >= 11 is 1.42. The van der Waals surface area contributed by atoms with Gasteiger partial charge in [-0.2, -0.15) is 0 Å². The molecule has 0 aliphatic carbocycles. The molecule has 7 nitrogen and oxygen atoms in total. The Morgan fingerprint density at radius 1 is 1.19 bits per heavy atom. The van der Waals surface area contributed by atoms with Crippen LogP contribution in [0.2, 0.25) is 0 Å². The van der Waals surface area contributed by atoms with Crippen LogP contribution in [-0.2, 0) is 11.3 Å². The number of hydrogen-bond acceptors (Lipinski definition) is 6. The number of hydrogen-bond donors (Lipinski definition) is 1. The number of nitrogens with zero attached hydrogens (tertiary/aromatic N) is 4. The molecule has 1 aliphatic heterocycles. The van der Waals surface area contributed by atoms with Crippen LogP contribution in [0.15, 0.2) is 48.8 Å². The second-order valence-electron chi connectivity index (χ2n) is 7.74. The molecule has 1 saturated heterocycles. The van der Waals surface area contributed by atoms with Gasteiger partial charge in [0.1, 0.15) is 15.5 Å². The van der Waals surface area contributed by atoms with E-state index in [0.717, 1.165) is 71.5 Å². The number of thiazole rings is 1. The predicted molar refractivity (Wildman–Crippen MR) is 129 cm³/mol. The van der Waals surface area contributed by atoms with Crippen molar-refractivity contribution in [2.24, 2.45) is 0 Å². The lowest BCUT2D eigenvalue weighted by Crippen LogP contribution is -2.36. The number of aromatic nitrogens is 3. The van der Waals surface area contributed by atoms with E-state index < -0.39 is 0 Å². The van der Waals surface area contributed by atoms with Gasteiger partial charge in [-0.05, 0) is 50.2 Å². The molecule has 0 bridgehead atoms. The number of anilines is 2. The molecule has 1 amide bonds. The van der Waals surface area contributed by atoms with Crippen molar-refractivity contribution in [1.29, 1.82) is 0 Å². The van der Waals surface area contributed by atoms with Gasteiger partial charge in [0.2, 0.25) is 0 Å². The molecule has 1 aliphatic rings. The lowest BCUT2D eigenvalue weighted by Gasteiger charge is -2.28. The molecule has 1 fully saturated rings. The van der Waals surface area contributed by atoms with Crippen molar-refractivity contribution in [2.75, 3.05) is 36.5 Å². The van der Waals surface area contributed by atoms with Crippen molar-refractivity contribution in [3.63, 3.8) is 0 Å². The van der Waals surface area contributed by atoms with Crippen LogP contribution in [0.3, 0.4) is 0 Å². The van der Waals surface area contributed by atoms with Crippen molar-refractivity contribution in [3.8, 4) is 10.6 Å². The normalized spacial score (nSPS) is 14.1. The van der Waals surface area contributed by atoms with Gasteiger partial charge in [0.05, 0.1) is 18.9 Å². The number of aryl methyl sites for hydroxylation is 2. The molecule has 0 spiro atoms. The van der Waals surface area contributed by atoms with Crippen LogP contribution in [0.25, 0.3) is 21.6 Å². The minimum atomic E-state index is -0.136. The molecule has 4 heterocycles. The maximum Gasteiger partial charge on any atom is 0.267 e. The van der Waals surface area contributed by atoms with Gasteiger partial charge in [-0.3, -0.25) is 4.79 Å². The summed E-state index contributed by atoms with van der Waals surface area (Å²) < 4.78 is 7.52. The fraction of sp³-hybridized carbons (Fsp3) is 0.292. The zero-order valence-corrected chi connectivity index (χ0v) is 19.0. The van der Waals surface area contributed by atoms with Gasteiger partial charge >= 0.3 is 0 Å². The highest BCUT2D eigenvalue weighted by Crippen LogP contribution is 2.34. The Hall–Kier alpha value is -3.23. The average Bonchev–Trinajstić information content (AvgIpc) is 3.40. The van der Waals surface area contributed by atoms with Gasteiger partial charge in [-0.15, -0.1) is 11.3 Å². The average molecular weight is 448 g/mol. The van der Waals surface area contributed by atoms with Crippen LogP contribution in [0.5, 0.6) is 0 Å². The lowest BCUT2D eigenvalue weighted by atomic mass is 10.2. The number of amides is 1. The minimum Gasteiger partial charge on any atom is -0.378 e. The van der Waals surface area contributed by atoms with Crippen LogP contribution >= 0.6 is 11.3 Å². The van der Waals surface area contributed by atoms with E-state index in [1.165, 1.54) is 11.3 Å². The summed E-state index contributed by atoms with van der Waals surface area (Å²) in [7, 11) is 0. The van der Waals surface area contributed by atoms with E-state index in [2.05, 4.69) is 39.0 Å². The maximum atomic E-state index is 13.0. The van der Waals surface area contributed by atoms with E-state index in [4.69, 9.17) is 9.72 Å². The molecule has 0 saturated carbocycles. The molecule has 0 unspecified atom stereocenters. The third-order valence-electron chi connectivity index (χ3n) is 5.71. The number of rotatable bonds is 5. The molecular weight excluding hydrogens is 422 g/mol.